The molecule has 1 rings (SSSR count). The summed E-state index contributed by atoms with van der Waals surface area (Å²) in [6, 6.07) is 0. The Morgan fingerprint density at radius 1 is 1.25 bits per heavy atom. The lowest BCUT2D eigenvalue weighted by Gasteiger charge is -2.33. The first-order valence-electron chi connectivity index (χ1n) is 6.17. The van der Waals surface area contributed by atoms with Crippen molar-refractivity contribution in [2.45, 2.75) is 13.3 Å². The van der Waals surface area contributed by atoms with E-state index in [0.717, 1.165) is 52.2 Å². The SMILES string of the molecule is CCCNC(=O)CN1CCN(CCN)CC1. The smallest absolute Gasteiger partial charge is 0.234 e. The normalized spacial score (nSPS) is 18.6. The molecular formula is C11H24N4O. The van der Waals surface area contributed by atoms with Gasteiger partial charge in [-0.25, -0.2) is 0 Å². The van der Waals surface area contributed by atoms with Gasteiger partial charge in [0.15, 0.2) is 0 Å². The molecule has 1 amide bonds. The molecule has 1 aliphatic heterocycles. The summed E-state index contributed by atoms with van der Waals surface area (Å²) in [5.74, 6) is 0.147. The number of carbonyl (C=O) groups is 1. The highest BCUT2D eigenvalue weighted by molar-refractivity contribution is 5.77. The number of hydrogen-bond donors (Lipinski definition) is 2. The zero-order valence-electron chi connectivity index (χ0n) is 10.2. The number of piperazine rings is 1. The summed E-state index contributed by atoms with van der Waals surface area (Å²) in [5.41, 5.74) is 5.51. The highest BCUT2D eigenvalue weighted by Gasteiger charge is 2.17. The molecule has 0 bridgehead atoms. The van der Waals surface area contributed by atoms with E-state index in [4.69, 9.17) is 5.73 Å². The van der Waals surface area contributed by atoms with Gasteiger partial charge in [-0.15, -0.1) is 0 Å². The Kier molecular flexibility index (Phi) is 6.37. The number of nitrogens with two attached hydrogens (primary N) is 1. The van der Waals surface area contributed by atoms with Crippen LogP contribution in [0.3, 0.4) is 0 Å². The van der Waals surface area contributed by atoms with E-state index in [9.17, 15) is 4.79 Å². The molecular weight excluding hydrogens is 204 g/mol. The zero-order valence-corrected chi connectivity index (χ0v) is 10.2. The second-order valence-electron chi connectivity index (χ2n) is 4.26. The Hall–Kier alpha value is -0.650. The van der Waals surface area contributed by atoms with Crippen LogP contribution in [-0.2, 0) is 4.79 Å². The molecule has 1 saturated heterocycles. The average Bonchev–Trinajstić information content (AvgIpc) is 2.29. The van der Waals surface area contributed by atoms with Crippen molar-refractivity contribution in [3.63, 3.8) is 0 Å². The van der Waals surface area contributed by atoms with E-state index in [2.05, 4.69) is 22.0 Å². The van der Waals surface area contributed by atoms with Gasteiger partial charge in [-0.2, -0.15) is 0 Å². The number of carbonyl (C=O) groups excluding carboxylic acids is 1. The summed E-state index contributed by atoms with van der Waals surface area (Å²) < 4.78 is 0. The van der Waals surface area contributed by atoms with Crippen LogP contribution in [0.25, 0.3) is 0 Å². The van der Waals surface area contributed by atoms with Crippen LogP contribution in [0.15, 0.2) is 0 Å². The summed E-state index contributed by atoms with van der Waals surface area (Å²) in [7, 11) is 0. The molecule has 1 fully saturated rings. The summed E-state index contributed by atoms with van der Waals surface area (Å²) in [6.07, 6.45) is 0.996. The molecule has 0 spiro atoms. The predicted octanol–water partition coefficient (Wildman–Crippen LogP) is -0.911. The molecule has 3 N–H and O–H groups in total. The van der Waals surface area contributed by atoms with Gasteiger partial charge < -0.3 is 11.1 Å². The lowest BCUT2D eigenvalue weighted by Crippen LogP contribution is -2.50. The monoisotopic (exact) mass is 228 g/mol. The molecule has 0 aromatic rings. The second-order valence-corrected chi connectivity index (χ2v) is 4.26. The van der Waals surface area contributed by atoms with Crippen molar-refractivity contribution in [1.82, 2.24) is 15.1 Å². The molecule has 0 aromatic carbocycles. The highest BCUT2D eigenvalue weighted by Crippen LogP contribution is 2.00. The molecule has 0 unspecified atom stereocenters. The Labute approximate surface area is 98.0 Å². The second kappa shape index (κ2) is 7.60. The van der Waals surface area contributed by atoms with Gasteiger partial charge in [0.05, 0.1) is 6.54 Å². The zero-order chi connectivity index (χ0) is 11.8. The molecule has 0 aromatic heterocycles. The first-order valence-corrected chi connectivity index (χ1v) is 6.17. The van der Waals surface area contributed by atoms with Crippen molar-refractivity contribution < 1.29 is 4.79 Å². The maximum atomic E-state index is 11.5. The Bertz CT molecular complexity index is 202. The first-order chi connectivity index (χ1) is 7.76. The third kappa shape index (κ3) is 4.92. The van der Waals surface area contributed by atoms with E-state index in [1.54, 1.807) is 0 Å². The van der Waals surface area contributed by atoms with E-state index in [1.165, 1.54) is 0 Å². The van der Waals surface area contributed by atoms with Crippen molar-refractivity contribution in [1.29, 1.82) is 0 Å². The topological polar surface area (TPSA) is 61.6 Å². The number of nitrogens with one attached hydrogen (secondary N) is 1. The fraction of sp³-hybridized carbons (Fsp3) is 0.909. The largest absolute Gasteiger partial charge is 0.355 e. The summed E-state index contributed by atoms with van der Waals surface area (Å²) >= 11 is 0. The van der Waals surface area contributed by atoms with E-state index >= 15 is 0 Å². The molecule has 0 radical (unpaired) electrons. The molecule has 5 nitrogen and oxygen atoms in total. The fourth-order valence-electron chi connectivity index (χ4n) is 1.88. The number of nitrogens with zero attached hydrogens (tertiary/aromatic N) is 2. The van der Waals surface area contributed by atoms with Gasteiger partial charge in [-0.05, 0) is 6.42 Å². The first kappa shape index (κ1) is 13.4. The lowest BCUT2D eigenvalue weighted by molar-refractivity contribution is -0.122. The van der Waals surface area contributed by atoms with Crippen molar-refractivity contribution >= 4 is 5.91 Å². The van der Waals surface area contributed by atoms with E-state index in [-0.39, 0.29) is 5.91 Å². The van der Waals surface area contributed by atoms with E-state index in [0.29, 0.717) is 6.54 Å². The Morgan fingerprint density at radius 2 is 1.88 bits per heavy atom. The lowest BCUT2D eigenvalue weighted by atomic mass is 10.3. The van der Waals surface area contributed by atoms with Crippen LogP contribution in [0.4, 0.5) is 0 Å². The van der Waals surface area contributed by atoms with Crippen LogP contribution < -0.4 is 11.1 Å². The van der Waals surface area contributed by atoms with Crippen LogP contribution in [0.5, 0.6) is 0 Å². The van der Waals surface area contributed by atoms with Gasteiger partial charge >= 0.3 is 0 Å². The molecule has 1 aliphatic rings. The molecule has 16 heavy (non-hydrogen) atoms. The van der Waals surface area contributed by atoms with Crippen LogP contribution in [0.1, 0.15) is 13.3 Å². The van der Waals surface area contributed by atoms with Crippen molar-refractivity contribution in [2.24, 2.45) is 5.73 Å². The molecule has 0 aliphatic carbocycles. The molecule has 0 saturated carbocycles. The summed E-state index contributed by atoms with van der Waals surface area (Å²) in [4.78, 5) is 16.0. The Balaban J connectivity index is 2.14. The fourth-order valence-corrected chi connectivity index (χ4v) is 1.88. The maximum absolute atomic E-state index is 11.5. The van der Waals surface area contributed by atoms with Crippen LogP contribution >= 0.6 is 0 Å². The van der Waals surface area contributed by atoms with Crippen LogP contribution in [0.2, 0.25) is 0 Å². The van der Waals surface area contributed by atoms with Gasteiger partial charge in [0.1, 0.15) is 0 Å². The molecule has 0 atom stereocenters. The number of rotatable bonds is 6. The third-order valence-electron chi connectivity index (χ3n) is 2.85. The maximum Gasteiger partial charge on any atom is 0.234 e. The molecule has 5 heteroatoms. The van der Waals surface area contributed by atoms with Crippen LogP contribution in [0, 0.1) is 0 Å². The molecule has 1 heterocycles. The Morgan fingerprint density at radius 3 is 2.44 bits per heavy atom. The number of hydrogen-bond acceptors (Lipinski definition) is 4. The minimum Gasteiger partial charge on any atom is -0.355 e. The van der Waals surface area contributed by atoms with Crippen molar-refractivity contribution in [3.05, 3.63) is 0 Å². The minimum atomic E-state index is 0.147. The number of amides is 1. The quantitative estimate of drug-likeness (QED) is 0.618. The minimum absolute atomic E-state index is 0.147. The van der Waals surface area contributed by atoms with Gasteiger partial charge in [0, 0.05) is 45.8 Å². The summed E-state index contributed by atoms with van der Waals surface area (Å²) in [6.45, 7) is 9.07. The van der Waals surface area contributed by atoms with Gasteiger partial charge in [0.2, 0.25) is 5.91 Å². The predicted molar refractivity (Wildman–Crippen MR) is 65.2 cm³/mol. The standard InChI is InChI=1S/C11H24N4O/c1-2-4-13-11(16)10-15-8-6-14(5-3-12)7-9-15/h2-10,12H2,1H3,(H,13,16). The van der Waals surface area contributed by atoms with Crippen molar-refractivity contribution in [3.8, 4) is 0 Å². The van der Waals surface area contributed by atoms with E-state index in [1.807, 2.05) is 0 Å². The van der Waals surface area contributed by atoms with Gasteiger partial charge in [-0.1, -0.05) is 6.92 Å². The summed E-state index contributed by atoms with van der Waals surface area (Å²) in [5, 5.41) is 2.90. The van der Waals surface area contributed by atoms with Gasteiger partial charge in [-0.3, -0.25) is 14.6 Å². The third-order valence-corrected chi connectivity index (χ3v) is 2.85. The average molecular weight is 228 g/mol. The highest BCUT2D eigenvalue weighted by atomic mass is 16.2. The van der Waals surface area contributed by atoms with Crippen LogP contribution in [-0.4, -0.2) is 68.1 Å². The molecule has 94 valence electrons. The van der Waals surface area contributed by atoms with Crippen molar-refractivity contribution in [2.75, 3.05) is 52.4 Å². The van der Waals surface area contributed by atoms with Gasteiger partial charge in [0.25, 0.3) is 0 Å². The van der Waals surface area contributed by atoms with E-state index < -0.39 is 0 Å².